The van der Waals surface area contributed by atoms with Gasteiger partial charge in [-0.1, -0.05) is 23.8 Å². The lowest BCUT2D eigenvalue weighted by molar-refractivity contribution is -0.132. The number of hydrogen-bond acceptors (Lipinski definition) is 6. The molecule has 1 N–H and O–H groups in total. The SMILES string of the molecule is COc1ccc(C)cc1/C(O)=C1\C(=O)C(=O)N(c2ccc(OC(C)C)cc2)C1c1ccc(N(C)C)cc1. The van der Waals surface area contributed by atoms with E-state index in [1.807, 2.05) is 70.1 Å². The van der Waals surface area contributed by atoms with Crippen molar-refractivity contribution in [1.29, 1.82) is 0 Å². The number of carbonyl (C=O) groups excluding carboxylic acids is 2. The average Bonchev–Trinajstić information content (AvgIpc) is 3.14. The first-order valence-electron chi connectivity index (χ1n) is 12.1. The number of ketones is 1. The van der Waals surface area contributed by atoms with Gasteiger partial charge in [0.2, 0.25) is 0 Å². The third-order valence-electron chi connectivity index (χ3n) is 6.27. The van der Waals surface area contributed by atoms with E-state index in [2.05, 4.69) is 0 Å². The van der Waals surface area contributed by atoms with Gasteiger partial charge in [0.1, 0.15) is 17.3 Å². The Morgan fingerprint density at radius 3 is 2.19 bits per heavy atom. The predicted molar refractivity (Wildman–Crippen MR) is 145 cm³/mol. The maximum Gasteiger partial charge on any atom is 0.300 e. The predicted octanol–water partition coefficient (Wildman–Crippen LogP) is 5.48. The second-order valence-corrected chi connectivity index (χ2v) is 9.52. The van der Waals surface area contributed by atoms with Crippen molar-refractivity contribution < 1.29 is 24.2 Å². The first-order valence-corrected chi connectivity index (χ1v) is 12.1. The summed E-state index contributed by atoms with van der Waals surface area (Å²) in [4.78, 5) is 30.3. The molecule has 7 heteroatoms. The highest BCUT2D eigenvalue weighted by atomic mass is 16.5. The second kappa shape index (κ2) is 10.4. The van der Waals surface area contributed by atoms with Crippen LogP contribution in [0.4, 0.5) is 11.4 Å². The lowest BCUT2D eigenvalue weighted by atomic mass is 9.94. The molecule has 0 radical (unpaired) electrons. The Labute approximate surface area is 217 Å². The van der Waals surface area contributed by atoms with Crippen molar-refractivity contribution in [2.45, 2.75) is 32.9 Å². The number of ether oxygens (including phenoxy) is 2. The van der Waals surface area contributed by atoms with E-state index in [0.29, 0.717) is 28.3 Å². The van der Waals surface area contributed by atoms with Crippen LogP contribution in [-0.4, -0.2) is 44.1 Å². The van der Waals surface area contributed by atoms with Crippen molar-refractivity contribution in [3.63, 3.8) is 0 Å². The van der Waals surface area contributed by atoms with Crippen molar-refractivity contribution in [2.24, 2.45) is 0 Å². The zero-order chi connectivity index (χ0) is 26.9. The summed E-state index contributed by atoms with van der Waals surface area (Å²) in [5.41, 5.74) is 3.43. The van der Waals surface area contributed by atoms with Gasteiger partial charge < -0.3 is 19.5 Å². The molecule has 0 aromatic heterocycles. The largest absolute Gasteiger partial charge is 0.507 e. The smallest absolute Gasteiger partial charge is 0.300 e. The minimum absolute atomic E-state index is 0.000371. The van der Waals surface area contributed by atoms with Gasteiger partial charge in [0, 0.05) is 25.5 Å². The molecule has 1 saturated heterocycles. The topological polar surface area (TPSA) is 79.3 Å². The summed E-state index contributed by atoms with van der Waals surface area (Å²) in [5.74, 6) is -0.682. The van der Waals surface area contributed by atoms with Gasteiger partial charge >= 0.3 is 0 Å². The molecule has 0 bridgehead atoms. The van der Waals surface area contributed by atoms with Gasteiger partial charge in [-0.15, -0.1) is 0 Å². The van der Waals surface area contributed by atoms with Crippen LogP contribution in [0, 0.1) is 6.92 Å². The fourth-order valence-corrected chi connectivity index (χ4v) is 4.48. The van der Waals surface area contributed by atoms with Gasteiger partial charge in [-0.25, -0.2) is 0 Å². The van der Waals surface area contributed by atoms with E-state index in [-0.39, 0.29) is 17.4 Å². The molecule has 1 amide bonds. The summed E-state index contributed by atoms with van der Waals surface area (Å²) >= 11 is 0. The third kappa shape index (κ3) is 5.03. The maximum atomic E-state index is 13.5. The monoisotopic (exact) mass is 500 g/mol. The van der Waals surface area contributed by atoms with E-state index < -0.39 is 17.7 Å². The van der Waals surface area contributed by atoms with Crippen molar-refractivity contribution in [3.8, 4) is 11.5 Å². The normalized spacial score (nSPS) is 16.8. The summed E-state index contributed by atoms with van der Waals surface area (Å²) < 4.78 is 11.2. The van der Waals surface area contributed by atoms with Crippen LogP contribution in [0.1, 0.15) is 36.6 Å². The fourth-order valence-electron chi connectivity index (χ4n) is 4.48. The molecule has 0 aliphatic carbocycles. The molecule has 1 fully saturated rings. The highest BCUT2D eigenvalue weighted by Crippen LogP contribution is 2.44. The minimum atomic E-state index is -0.835. The number of aliphatic hydroxyl groups excluding tert-OH is 1. The van der Waals surface area contributed by atoms with Crippen LogP contribution in [0.25, 0.3) is 5.76 Å². The van der Waals surface area contributed by atoms with Gasteiger partial charge in [-0.05, 0) is 74.9 Å². The number of nitrogens with zero attached hydrogens (tertiary/aromatic N) is 2. The van der Waals surface area contributed by atoms with E-state index in [9.17, 15) is 14.7 Å². The van der Waals surface area contributed by atoms with E-state index in [4.69, 9.17) is 9.47 Å². The number of Topliss-reactive ketones (excluding diaryl/α,β-unsaturated/α-hetero) is 1. The minimum Gasteiger partial charge on any atom is -0.507 e. The number of hydrogen-bond donors (Lipinski definition) is 1. The molecular weight excluding hydrogens is 468 g/mol. The number of benzene rings is 3. The molecule has 1 unspecified atom stereocenters. The van der Waals surface area contributed by atoms with Gasteiger partial charge in [0.05, 0.1) is 30.4 Å². The average molecular weight is 501 g/mol. The molecule has 3 aromatic rings. The van der Waals surface area contributed by atoms with Gasteiger partial charge in [0.15, 0.2) is 0 Å². The highest BCUT2D eigenvalue weighted by Gasteiger charge is 2.47. The number of aliphatic hydroxyl groups is 1. The molecule has 4 rings (SSSR count). The molecule has 1 aliphatic heterocycles. The van der Waals surface area contributed by atoms with Crippen LogP contribution in [0.15, 0.2) is 72.3 Å². The molecule has 1 aliphatic rings. The van der Waals surface area contributed by atoms with Crippen molar-refractivity contribution >= 4 is 28.8 Å². The Morgan fingerprint density at radius 2 is 1.62 bits per heavy atom. The van der Waals surface area contributed by atoms with Crippen molar-refractivity contribution in [2.75, 3.05) is 31.0 Å². The molecule has 37 heavy (non-hydrogen) atoms. The van der Waals surface area contributed by atoms with Gasteiger partial charge in [-0.3, -0.25) is 14.5 Å². The molecule has 0 spiro atoms. The van der Waals surface area contributed by atoms with Gasteiger partial charge in [0.25, 0.3) is 11.7 Å². The molecule has 1 heterocycles. The third-order valence-corrected chi connectivity index (χ3v) is 6.27. The van der Waals surface area contributed by atoms with Crippen LogP contribution in [0.3, 0.4) is 0 Å². The molecule has 1 atom stereocenters. The van der Waals surface area contributed by atoms with E-state index in [1.165, 1.54) is 12.0 Å². The lowest BCUT2D eigenvalue weighted by Crippen LogP contribution is -2.29. The quantitative estimate of drug-likeness (QED) is 0.263. The zero-order valence-electron chi connectivity index (χ0n) is 22.0. The molecular formula is C30H32N2O5. The summed E-state index contributed by atoms with van der Waals surface area (Å²) in [6, 6.07) is 19.1. The van der Waals surface area contributed by atoms with Crippen LogP contribution in [-0.2, 0) is 9.59 Å². The molecule has 0 saturated carbocycles. The van der Waals surface area contributed by atoms with Crippen LogP contribution in [0.5, 0.6) is 11.5 Å². The number of methoxy groups -OCH3 is 1. The van der Waals surface area contributed by atoms with Gasteiger partial charge in [-0.2, -0.15) is 0 Å². The number of carbonyl (C=O) groups is 2. The lowest BCUT2D eigenvalue weighted by Gasteiger charge is -2.26. The Bertz CT molecular complexity index is 1340. The Balaban J connectivity index is 1.91. The Morgan fingerprint density at radius 1 is 0.973 bits per heavy atom. The first-order chi connectivity index (χ1) is 17.6. The summed E-state index contributed by atoms with van der Waals surface area (Å²) in [5, 5.41) is 11.5. The van der Waals surface area contributed by atoms with E-state index in [0.717, 1.165) is 11.3 Å². The maximum absolute atomic E-state index is 13.5. The molecule has 7 nitrogen and oxygen atoms in total. The summed E-state index contributed by atoms with van der Waals surface area (Å²) in [6.07, 6.45) is -0.000371. The Hall–Kier alpha value is -4.26. The first kappa shape index (κ1) is 25.8. The highest BCUT2D eigenvalue weighted by molar-refractivity contribution is 6.51. The molecule has 3 aromatic carbocycles. The summed E-state index contributed by atoms with van der Waals surface area (Å²) in [7, 11) is 5.37. The Kier molecular flexibility index (Phi) is 7.25. The van der Waals surface area contributed by atoms with Crippen LogP contribution in [0.2, 0.25) is 0 Å². The van der Waals surface area contributed by atoms with Crippen molar-refractivity contribution in [3.05, 3.63) is 89.0 Å². The van der Waals surface area contributed by atoms with E-state index >= 15 is 0 Å². The second-order valence-electron chi connectivity index (χ2n) is 9.52. The number of anilines is 2. The number of aryl methyl sites for hydroxylation is 1. The fraction of sp³-hybridized carbons (Fsp3) is 0.267. The molecule has 192 valence electrons. The zero-order valence-corrected chi connectivity index (χ0v) is 22.0. The summed E-state index contributed by atoms with van der Waals surface area (Å²) in [6.45, 7) is 5.75. The van der Waals surface area contributed by atoms with E-state index in [1.54, 1.807) is 36.4 Å². The van der Waals surface area contributed by atoms with Crippen molar-refractivity contribution in [1.82, 2.24) is 0 Å². The number of amides is 1. The van der Waals surface area contributed by atoms with Crippen LogP contribution >= 0.6 is 0 Å². The van der Waals surface area contributed by atoms with Crippen LogP contribution < -0.4 is 19.3 Å². The standard InChI is InChI=1S/C30H32N2O5/c1-18(2)37-23-14-12-22(13-15-23)32-27(20-8-10-21(11-9-20)31(4)5)26(29(34)30(32)35)28(33)24-17-19(3)7-16-25(24)36-6/h7-18,27,33H,1-6H3/b28-26+. The number of rotatable bonds is 7.